The van der Waals surface area contributed by atoms with Crippen molar-refractivity contribution in [1.29, 1.82) is 0 Å². The van der Waals surface area contributed by atoms with Crippen molar-refractivity contribution in [3.8, 4) is 10.4 Å². The first-order valence-electron chi connectivity index (χ1n) is 3.99. The normalized spacial score (nSPS) is 10.3. The van der Waals surface area contributed by atoms with E-state index >= 15 is 0 Å². The molecule has 3 nitrogen and oxygen atoms in total. The summed E-state index contributed by atoms with van der Waals surface area (Å²) in [5.74, 6) is -0.404. The lowest BCUT2D eigenvalue weighted by atomic mass is 10.2. The molecule has 0 fully saturated rings. The minimum absolute atomic E-state index is 0.368. The molecule has 0 N–H and O–H groups in total. The average molecular weight is 304 g/mol. The lowest BCUT2D eigenvalue weighted by Gasteiger charge is -1.97. The van der Waals surface area contributed by atoms with Gasteiger partial charge in [-0.2, -0.15) is 11.3 Å². The van der Waals surface area contributed by atoms with Gasteiger partial charge in [0.05, 0.1) is 12.0 Å². The van der Waals surface area contributed by atoms with Crippen LogP contribution in [0.5, 0.6) is 0 Å². The number of methoxy groups -OCH3 is 1. The molecule has 0 atom stereocenters. The van der Waals surface area contributed by atoms with Crippen molar-refractivity contribution in [2.24, 2.45) is 0 Å². The van der Waals surface area contributed by atoms with Crippen molar-refractivity contribution < 1.29 is 9.53 Å². The van der Waals surface area contributed by atoms with Gasteiger partial charge in [-0.3, -0.25) is 0 Å². The van der Waals surface area contributed by atoms with E-state index < -0.39 is 5.97 Å². The Morgan fingerprint density at radius 2 is 2.40 bits per heavy atom. The second-order valence-corrected chi connectivity index (χ2v) is 5.70. The van der Waals surface area contributed by atoms with Gasteiger partial charge in [-0.05, 0) is 32.8 Å². The zero-order valence-electron chi connectivity index (χ0n) is 7.69. The molecule has 0 aromatic carbocycles. The van der Waals surface area contributed by atoms with Gasteiger partial charge in [-0.1, -0.05) is 0 Å². The summed E-state index contributed by atoms with van der Waals surface area (Å²) in [6.07, 6.45) is 0. The second-order valence-electron chi connectivity index (χ2n) is 2.65. The third kappa shape index (κ3) is 2.11. The molecule has 0 bridgehead atoms. The number of thiophene rings is 1. The molecule has 15 heavy (non-hydrogen) atoms. The van der Waals surface area contributed by atoms with Crippen LogP contribution < -0.4 is 0 Å². The maximum Gasteiger partial charge on any atom is 0.358 e. The van der Waals surface area contributed by atoms with Crippen molar-refractivity contribution in [1.82, 2.24) is 4.98 Å². The van der Waals surface area contributed by atoms with Crippen molar-refractivity contribution in [2.45, 2.75) is 0 Å². The smallest absolute Gasteiger partial charge is 0.358 e. The number of carbonyl (C=O) groups is 1. The first-order chi connectivity index (χ1) is 7.22. The molecule has 2 aromatic rings. The Kier molecular flexibility index (Phi) is 3.18. The van der Waals surface area contributed by atoms with Crippen LogP contribution in [0.1, 0.15) is 10.5 Å². The molecule has 0 aliphatic heterocycles. The summed E-state index contributed by atoms with van der Waals surface area (Å²) >= 11 is 6.28. The molecular weight excluding hydrogens is 298 g/mol. The molecular formula is C9H6BrNO2S2. The minimum atomic E-state index is -0.404. The summed E-state index contributed by atoms with van der Waals surface area (Å²) in [4.78, 5) is 16.4. The summed E-state index contributed by atoms with van der Waals surface area (Å²) in [6.45, 7) is 0. The Morgan fingerprint density at radius 3 is 3.00 bits per heavy atom. The van der Waals surface area contributed by atoms with E-state index in [2.05, 4.69) is 25.7 Å². The minimum Gasteiger partial charge on any atom is -0.464 e. The lowest BCUT2D eigenvalue weighted by Crippen LogP contribution is -2.02. The van der Waals surface area contributed by atoms with E-state index in [0.29, 0.717) is 9.61 Å². The molecule has 2 heterocycles. The van der Waals surface area contributed by atoms with Gasteiger partial charge in [0.1, 0.15) is 0 Å². The molecule has 78 valence electrons. The van der Waals surface area contributed by atoms with E-state index in [9.17, 15) is 4.79 Å². The number of ether oxygens (including phenoxy) is 1. The maximum absolute atomic E-state index is 11.4. The lowest BCUT2D eigenvalue weighted by molar-refractivity contribution is 0.0595. The van der Waals surface area contributed by atoms with Crippen molar-refractivity contribution >= 4 is 44.6 Å². The Morgan fingerprint density at radius 1 is 1.60 bits per heavy atom. The van der Waals surface area contributed by atoms with Gasteiger partial charge >= 0.3 is 5.97 Å². The largest absolute Gasteiger partial charge is 0.464 e. The van der Waals surface area contributed by atoms with E-state index in [1.165, 1.54) is 18.4 Å². The van der Waals surface area contributed by atoms with Gasteiger partial charge in [-0.25, -0.2) is 9.78 Å². The Bertz CT molecular complexity index is 478. The fourth-order valence-corrected chi connectivity index (χ4v) is 3.28. The second kappa shape index (κ2) is 4.42. The monoisotopic (exact) mass is 303 g/mol. The van der Waals surface area contributed by atoms with E-state index in [4.69, 9.17) is 0 Å². The van der Waals surface area contributed by atoms with E-state index in [-0.39, 0.29) is 0 Å². The first kappa shape index (κ1) is 10.8. The molecule has 2 aromatic heterocycles. The van der Waals surface area contributed by atoms with Crippen molar-refractivity contribution in [3.63, 3.8) is 0 Å². The fraction of sp³-hybridized carbons (Fsp3) is 0.111. The number of hydrogen-bond acceptors (Lipinski definition) is 5. The van der Waals surface area contributed by atoms with Crippen molar-refractivity contribution in [3.05, 3.63) is 26.4 Å². The van der Waals surface area contributed by atoms with Crippen LogP contribution in [0.2, 0.25) is 0 Å². The van der Waals surface area contributed by atoms with Crippen LogP contribution in [0.3, 0.4) is 0 Å². The SMILES string of the molecule is COC(=O)c1nc(Br)sc1-c1ccsc1. The number of carbonyl (C=O) groups excluding carboxylic acids is 1. The highest BCUT2D eigenvalue weighted by Gasteiger charge is 2.19. The zero-order chi connectivity index (χ0) is 10.8. The standard InChI is InChI=1S/C9H6BrNO2S2/c1-13-8(12)6-7(15-9(10)11-6)5-2-3-14-4-5/h2-4H,1H3. The van der Waals surface area contributed by atoms with E-state index in [0.717, 1.165) is 10.4 Å². The summed E-state index contributed by atoms with van der Waals surface area (Å²) in [5.41, 5.74) is 1.37. The average Bonchev–Trinajstić information content (AvgIpc) is 2.84. The number of hydrogen-bond donors (Lipinski definition) is 0. The first-order valence-corrected chi connectivity index (χ1v) is 6.55. The number of rotatable bonds is 2. The molecule has 0 aliphatic rings. The van der Waals surface area contributed by atoms with Gasteiger partial charge < -0.3 is 4.74 Å². The summed E-state index contributed by atoms with van der Waals surface area (Å²) < 4.78 is 5.36. The van der Waals surface area contributed by atoms with Crippen LogP contribution in [0.15, 0.2) is 20.7 Å². The maximum atomic E-state index is 11.4. The molecule has 0 aliphatic carbocycles. The number of esters is 1. The fourth-order valence-electron chi connectivity index (χ4n) is 1.12. The van der Waals surface area contributed by atoms with Gasteiger partial charge in [0.15, 0.2) is 9.61 Å². The highest BCUT2D eigenvalue weighted by Crippen LogP contribution is 2.34. The van der Waals surface area contributed by atoms with Crippen LogP contribution in [0.25, 0.3) is 10.4 Å². The Hall–Kier alpha value is -0.720. The van der Waals surface area contributed by atoms with Crippen LogP contribution in [-0.2, 0) is 4.74 Å². The summed E-state index contributed by atoms with van der Waals surface area (Å²) in [5, 5.41) is 3.94. The van der Waals surface area contributed by atoms with Gasteiger partial charge in [0.2, 0.25) is 0 Å². The van der Waals surface area contributed by atoms with Crippen LogP contribution in [-0.4, -0.2) is 18.1 Å². The van der Waals surface area contributed by atoms with Crippen molar-refractivity contribution in [2.75, 3.05) is 7.11 Å². The molecule has 0 radical (unpaired) electrons. The zero-order valence-corrected chi connectivity index (χ0v) is 10.9. The highest BCUT2D eigenvalue weighted by molar-refractivity contribution is 9.11. The molecule has 6 heteroatoms. The van der Waals surface area contributed by atoms with E-state index in [1.807, 2.05) is 16.8 Å². The molecule has 2 rings (SSSR count). The van der Waals surface area contributed by atoms with Gasteiger partial charge in [0.25, 0.3) is 0 Å². The quantitative estimate of drug-likeness (QED) is 0.798. The van der Waals surface area contributed by atoms with Gasteiger partial charge in [0, 0.05) is 5.56 Å². The molecule has 0 unspecified atom stereocenters. The molecule has 0 amide bonds. The Labute approximate surface area is 103 Å². The number of thiazole rings is 1. The van der Waals surface area contributed by atoms with Crippen LogP contribution in [0.4, 0.5) is 0 Å². The molecule has 0 saturated carbocycles. The predicted molar refractivity (Wildman–Crippen MR) is 64.5 cm³/mol. The van der Waals surface area contributed by atoms with Crippen LogP contribution in [0, 0.1) is 0 Å². The van der Waals surface area contributed by atoms with Gasteiger partial charge in [-0.15, -0.1) is 11.3 Å². The third-order valence-corrected chi connectivity index (χ3v) is 4.00. The number of aromatic nitrogens is 1. The Balaban J connectivity index is 2.52. The summed E-state index contributed by atoms with van der Waals surface area (Å²) in [6, 6.07) is 1.96. The number of nitrogens with zero attached hydrogens (tertiary/aromatic N) is 1. The molecule has 0 spiro atoms. The van der Waals surface area contributed by atoms with E-state index in [1.54, 1.807) is 11.3 Å². The summed E-state index contributed by atoms with van der Waals surface area (Å²) in [7, 11) is 1.35. The van der Waals surface area contributed by atoms with Crippen LogP contribution >= 0.6 is 38.6 Å². The predicted octanol–water partition coefficient (Wildman–Crippen LogP) is 3.42. The highest BCUT2D eigenvalue weighted by atomic mass is 79.9. The number of halogens is 1. The third-order valence-electron chi connectivity index (χ3n) is 1.76. The molecule has 0 saturated heterocycles. The topological polar surface area (TPSA) is 39.2 Å².